The molecule has 10 nitrogen and oxygen atoms in total. The van der Waals surface area contributed by atoms with Crippen molar-refractivity contribution in [2.24, 2.45) is 0 Å². The van der Waals surface area contributed by atoms with Gasteiger partial charge in [0.05, 0.1) is 37.8 Å². The van der Waals surface area contributed by atoms with E-state index >= 15 is 0 Å². The van der Waals surface area contributed by atoms with Gasteiger partial charge in [-0.05, 0) is 35.7 Å². The van der Waals surface area contributed by atoms with E-state index in [2.05, 4.69) is 15.0 Å². The molecule has 0 aliphatic carbocycles. The number of anilines is 1. The number of aliphatic hydroxyl groups is 1. The largest absolute Gasteiger partial charge is 0.481 e. The molecule has 0 saturated carbocycles. The number of sulfonamides is 1. The molecule has 0 bridgehead atoms. The number of carbonyl (C=O) groups excluding carboxylic acids is 1. The molecule has 3 heterocycles. The summed E-state index contributed by atoms with van der Waals surface area (Å²) in [5.74, 6) is -0.0295. The van der Waals surface area contributed by atoms with Crippen LogP contribution in [0.5, 0.6) is 5.88 Å². The van der Waals surface area contributed by atoms with Gasteiger partial charge in [-0.2, -0.15) is 8.42 Å². The predicted molar refractivity (Wildman–Crippen MR) is 130 cm³/mol. The molecule has 0 fully saturated rings. The number of pyridine rings is 3. The van der Waals surface area contributed by atoms with Crippen molar-refractivity contribution in [1.82, 2.24) is 19.9 Å². The molecule has 3 rings (SSSR count). The lowest BCUT2D eigenvalue weighted by molar-refractivity contribution is -0.130. The minimum absolute atomic E-state index is 0.0193. The fraction of sp³-hybridized carbons (Fsp3) is 0.333. The Kier molecular flexibility index (Phi) is 8.72. The van der Waals surface area contributed by atoms with Crippen molar-refractivity contribution >= 4 is 21.6 Å². The summed E-state index contributed by atoms with van der Waals surface area (Å²) in [7, 11) is -2.77. The minimum Gasteiger partial charge on any atom is -0.481 e. The van der Waals surface area contributed by atoms with Crippen LogP contribution in [0.1, 0.15) is 31.0 Å². The normalized spacial score (nSPS) is 11.3. The van der Waals surface area contributed by atoms with E-state index in [-0.39, 0.29) is 36.3 Å². The highest BCUT2D eigenvalue weighted by Gasteiger charge is 2.30. The van der Waals surface area contributed by atoms with Crippen LogP contribution in [0, 0.1) is 0 Å². The monoisotopic (exact) mass is 499 g/mol. The molecule has 0 unspecified atom stereocenters. The second-order valence-electron chi connectivity index (χ2n) is 8.01. The summed E-state index contributed by atoms with van der Waals surface area (Å²) in [6.07, 6.45) is 4.44. The summed E-state index contributed by atoms with van der Waals surface area (Å²) in [5, 5.41) is 9.31. The molecule has 0 radical (unpaired) electrons. The molecule has 1 N–H and O–H groups in total. The van der Waals surface area contributed by atoms with Crippen molar-refractivity contribution in [3.8, 4) is 5.88 Å². The Morgan fingerprint density at radius 3 is 2.40 bits per heavy atom. The number of ether oxygens (including phenoxy) is 1. The molecule has 3 aromatic heterocycles. The molecule has 0 saturated heterocycles. The summed E-state index contributed by atoms with van der Waals surface area (Å²) in [4.78, 5) is 27.1. The average molecular weight is 500 g/mol. The third-order valence-corrected chi connectivity index (χ3v) is 6.97. The van der Waals surface area contributed by atoms with Gasteiger partial charge < -0.3 is 14.7 Å². The first-order valence-corrected chi connectivity index (χ1v) is 12.5. The summed E-state index contributed by atoms with van der Waals surface area (Å²) in [5.41, 5.74) is 1.68. The Bertz CT molecular complexity index is 1200. The summed E-state index contributed by atoms with van der Waals surface area (Å²) >= 11 is 0. The van der Waals surface area contributed by atoms with E-state index < -0.39 is 22.5 Å². The molecular formula is C24H29N5O5S. The van der Waals surface area contributed by atoms with Crippen LogP contribution in [-0.4, -0.2) is 66.1 Å². The number of aliphatic hydroxyl groups excluding tert-OH is 1. The van der Waals surface area contributed by atoms with Gasteiger partial charge in [-0.15, -0.1) is 0 Å². The standard InChI is InChI=1S/C24H29N5O5S/c1-18(2)19-7-10-23(27-14-19)35(32,33)29(21-8-9-22(34-3)26-15-21)17-24(31)28(12-13-30)16-20-6-4-5-11-25-20/h4-11,14-15,18,30H,12-13,16-17H2,1-3H3. The van der Waals surface area contributed by atoms with E-state index in [4.69, 9.17) is 4.74 Å². The van der Waals surface area contributed by atoms with E-state index in [9.17, 15) is 18.3 Å². The Hall–Kier alpha value is -3.57. The SMILES string of the molecule is COc1ccc(N(CC(=O)N(CCO)Cc2ccccn2)S(=O)(=O)c2ccc(C(C)C)cn2)cn1. The number of rotatable bonds is 11. The maximum atomic E-state index is 13.6. The Balaban J connectivity index is 1.96. The van der Waals surface area contributed by atoms with E-state index in [0.717, 1.165) is 9.87 Å². The fourth-order valence-electron chi connectivity index (χ4n) is 3.28. The fourth-order valence-corrected chi connectivity index (χ4v) is 4.59. The van der Waals surface area contributed by atoms with Gasteiger partial charge >= 0.3 is 0 Å². The summed E-state index contributed by atoms with van der Waals surface area (Å²) in [6, 6.07) is 11.4. The van der Waals surface area contributed by atoms with Crippen LogP contribution >= 0.6 is 0 Å². The third-order valence-electron chi connectivity index (χ3n) is 5.28. The van der Waals surface area contributed by atoms with Gasteiger partial charge in [-0.1, -0.05) is 26.0 Å². The summed E-state index contributed by atoms with van der Waals surface area (Å²) < 4.78 is 33.3. The van der Waals surface area contributed by atoms with Crippen molar-refractivity contribution < 1.29 is 23.1 Å². The molecule has 0 spiro atoms. The number of amides is 1. The third kappa shape index (κ3) is 6.52. The lowest BCUT2D eigenvalue weighted by Gasteiger charge is -2.27. The van der Waals surface area contributed by atoms with Gasteiger partial charge in [0.1, 0.15) is 6.54 Å². The molecule has 186 valence electrons. The Morgan fingerprint density at radius 1 is 1.06 bits per heavy atom. The van der Waals surface area contributed by atoms with Crippen LogP contribution in [0.15, 0.2) is 66.1 Å². The Labute approximate surface area is 205 Å². The van der Waals surface area contributed by atoms with Crippen LogP contribution in [-0.2, 0) is 21.4 Å². The maximum absolute atomic E-state index is 13.6. The number of aromatic nitrogens is 3. The van der Waals surface area contributed by atoms with Crippen molar-refractivity contribution in [3.05, 3.63) is 72.3 Å². The maximum Gasteiger partial charge on any atom is 0.282 e. The molecule has 35 heavy (non-hydrogen) atoms. The molecule has 0 aromatic carbocycles. The first-order chi connectivity index (χ1) is 16.8. The van der Waals surface area contributed by atoms with Gasteiger partial charge in [0.2, 0.25) is 11.8 Å². The van der Waals surface area contributed by atoms with Gasteiger partial charge in [-0.25, -0.2) is 9.97 Å². The van der Waals surface area contributed by atoms with Gasteiger partial charge in [0, 0.05) is 25.0 Å². The zero-order valence-corrected chi connectivity index (χ0v) is 20.7. The lowest BCUT2D eigenvalue weighted by atomic mass is 10.1. The highest BCUT2D eigenvalue weighted by atomic mass is 32.2. The van der Waals surface area contributed by atoms with Crippen LogP contribution in [0.2, 0.25) is 0 Å². The quantitative estimate of drug-likeness (QED) is 0.426. The van der Waals surface area contributed by atoms with Crippen molar-refractivity contribution in [2.45, 2.75) is 31.3 Å². The molecule has 11 heteroatoms. The molecule has 0 aliphatic heterocycles. The van der Waals surface area contributed by atoms with Crippen molar-refractivity contribution in [3.63, 3.8) is 0 Å². The van der Waals surface area contributed by atoms with Crippen LogP contribution < -0.4 is 9.04 Å². The number of carbonyl (C=O) groups is 1. The second kappa shape index (κ2) is 11.7. The zero-order valence-electron chi connectivity index (χ0n) is 19.9. The number of nitrogens with zero attached hydrogens (tertiary/aromatic N) is 5. The second-order valence-corrected chi connectivity index (χ2v) is 9.82. The number of hydrogen-bond acceptors (Lipinski definition) is 8. The van der Waals surface area contributed by atoms with Crippen LogP contribution in [0.25, 0.3) is 0 Å². The summed E-state index contributed by atoms with van der Waals surface area (Å²) in [6.45, 7) is 3.30. The van der Waals surface area contributed by atoms with Crippen LogP contribution in [0.4, 0.5) is 5.69 Å². The zero-order chi connectivity index (χ0) is 25.4. The van der Waals surface area contributed by atoms with E-state index in [1.807, 2.05) is 13.8 Å². The Morgan fingerprint density at radius 2 is 1.86 bits per heavy atom. The van der Waals surface area contributed by atoms with Gasteiger partial charge in [0.15, 0.2) is 5.03 Å². The molecular weight excluding hydrogens is 470 g/mol. The molecule has 3 aromatic rings. The predicted octanol–water partition coefficient (Wildman–Crippen LogP) is 2.22. The first kappa shape index (κ1) is 26.0. The molecule has 0 atom stereocenters. The van der Waals surface area contributed by atoms with Crippen molar-refractivity contribution in [2.75, 3.05) is 31.1 Å². The van der Waals surface area contributed by atoms with Gasteiger partial charge in [-0.3, -0.25) is 14.1 Å². The van der Waals surface area contributed by atoms with E-state index in [0.29, 0.717) is 11.6 Å². The van der Waals surface area contributed by atoms with Gasteiger partial charge in [0.25, 0.3) is 10.0 Å². The number of methoxy groups -OCH3 is 1. The van der Waals surface area contributed by atoms with Crippen molar-refractivity contribution in [1.29, 1.82) is 0 Å². The van der Waals surface area contributed by atoms with Crippen LogP contribution in [0.3, 0.4) is 0 Å². The highest BCUT2D eigenvalue weighted by molar-refractivity contribution is 7.92. The molecule has 0 aliphatic rings. The van der Waals surface area contributed by atoms with E-state index in [1.165, 1.54) is 42.6 Å². The lowest BCUT2D eigenvalue weighted by Crippen LogP contribution is -2.44. The highest BCUT2D eigenvalue weighted by Crippen LogP contribution is 2.25. The average Bonchev–Trinajstić information content (AvgIpc) is 2.87. The first-order valence-electron chi connectivity index (χ1n) is 11.0. The smallest absolute Gasteiger partial charge is 0.282 e. The minimum atomic E-state index is -4.22. The molecule has 1 amide bonds. The van der Waals surface area contributed by atoms with E-state index in [1.54, 1.807) is 30.5 Å². The topological polar surface area (TPSA) is 126 Å². The number of hydrogen-bond donors (Lipinski definition) is 1.